The second-order valence-electron chi connectivity index (χ2n) is 6.34. The predicted octanol–water partition coefficient (Wildman–Crippen LogP) is 3.23. The molecule has 0 bridgehead atoms. The summed E-state index contributed by atoms with van der Waals surface area (Å²) in [4.78, 5) is 16.9. The van der Waals surface area contributed by atoms with Crippen molar-refractivity contribution < 1.29 is 9.90 Å². The van der Waals surface area contributed by atoms with Crippen LogP contribution in [-0.4, -0.2) is 22.1 Å². The maximum absolute atomic E-state index is 11.4. The molecule has 4 nitrogen and oxygen atoms in total. The number of rotatable bonds is 6. The van der Waals surface area contributed by atoms with E-state index in [1.54, 1.807) is 11.3 Å². The lowest BCUT2D eigenvalue weighted by molar-refractivity contribution is -0.139. The van der Waals surface area contributed by atoms with Crippen molar-refractivity contribution in [3.63, 3.8) is 0 Å². The Morgan fingerprint density at radius 3 is 2.55 bits per heavy atom. The van der Waals surface area contributed by atoms with Crippen molar-refractivity contribution >= 4 is 17.3 Å². The summed E-state index contributed by atoms with van der Waals surface area (Å²) in [6, 6.07) is 9.07. The molecule has 2 rings (SSSR count). The van der Waals surface area contributed by atoms with Crippen LogP contribution in [0, 0.1) is 0 Å². The minimum atomic E-state index is -0.829. The van der Waals surface area contributed by atoms with Crippen molar-refractivity contribution in [1.82, 2.24) is 10.3 Å². The molecular weight excluding hydrogens is 296 g/mol. The number of thiazole rings is 1. The Balaban J connectivity index is 1.97. The molecule has 2 N–H and O–H groups in total. The molecule has 1 aromatic heterocycles. The zero-order chi connectivity index (χ0) is 16.2. The fraction of sp³-hybridized carbons (Fsp3) is 0.412. The van der Waals surface area contributed by atoms with Gasteiger partial charge in [-0.05, 0) is 12.0 Å². The molecule has 118 valence electrons. The van der Waals surface area contributed by atoms with Crippen LogP contribution in [0.2, 0.25) is 0 Å². The van der Waals surface area contributed by atoms with Gasteiger partial charge in [0.05, 0.1) is 5.01 Å². The first-order chi connectivity index (χ1) is 10.4. The quantitative estimate of drug-likeness (QED) is 0.858. The topological polar surface area (TPSA) is 62.2 Å². The van der Waals surface area contributed by atoms with Gasteiger partial charge in [-0.1, -0.05) is 51.1 Å². The zero-order valence-corrected chi connectivity index (χ0v) is 14.0. The molecule has 1 atom stereocenters. The minimum Gasteiger partial charge on any atom is -0.480 e. The first-order valence-corrected chi connectivity index (χ1v) is 8.13. The van der Waals surface area contributed by atoms with E-state index in [4.69, 9.17) is 0 Å². The second kappa shape index (κ2) is 7.03. The van der Waals surface area contributed by atoms with Crippen LogP contribution in [0.3, 0.4) is 0 Å². The number of nitrogens with one attached hydrogen (secondary N) is 1. The lowest BCUT2D eigenvalue weighted by Gasteiger charge is -2.14. The molecule has 5 heteroatoms. The van der Waals surface area contributed by atoms with E-state index in [2.05, 4.69) is 31.1 Å². The first-order valence-electron chi connectivity index (χ1n) is 7.31. The molecule has 0 saturated carbocycles. The summed E-state index contributed by atoms with van der Waals surface area (Å²) in [7, 11) is 0. The Morgan fingerprint density at radius 1 is 1.32 bits per heavy atom. The average molecular weight is 318 g/mol. The Labute approximate surface area is 135 Å². The zero-order valence-electron chi connectivity index (χ0n) is 13.2. The van der Waals surface area contributed by atoms with E-state index in [1.165, 1.54) is 0 Å². The minimum absolute atomic E-state index is 0.0269. The highest BCUT2D eigenvalue weighted by Crippen LogP contribution is 2.26. The molecule has 0 amide bonds. The summed E-state index contributed by atoms with van der Waals surface area (Å²) in [5, 5.41) is 13.6. The van der Waals surface area contributed by atoms with Crippen LogP contribution < -0.4 is 5.32 Å². The van der Waals surface area contributed by atoms with Crippen LogP contribution in [0.15, 0.2) is 36.5 Å². The lowest BCUT2D eigenvalue weighted by Crippen LogP contribution is -2.37. The Hall–Kier alpha value is -1.72. The molecule has 1 aromatic carbocycles. The average Bonchev–Trinajstić information content (AvgIpc) is 2.93. The van der Waals surface area contributed by atoms with Crippen molar-refractivity contribution in [2.45, 2.75) is 45.2 Å². The highest BCUT2D eigenvalue weighted by atomic mass is 32.1. The standard InChI is InChI=1S/C17H22N2O2S/c1-17(2,3)16-19-11-13(22-16)10-18-14(15(20)21)9-12-7-5-4-6-8-12/h4-8,11,14,18H,9-10H2,1-3H3,(H,20,21)/t14-/m1/s1. The molecular formula is C17H22N2O2S. The highest BCUT2D eigenvalue weighted by molar-refractivity contribution is 7.11. The van der Waals surface area contributed by atoms with E-state index < -0.39 is 12.0 Å². The van der Waals surface area contributed by atoms with Gasteiger partial charge in [0.25, 0.3) is 0 Å². The van der Waals surface area contributed by atoms with Crippen LogP contribution in [0.1, 0.15) is 36.2 Å². The Kier molecular flexibility index (Phi) is 5.32. The van der Waals surface area contributed by atoms with E-state index in [0.717, 1.165) is 15.4 Å². The molecule has 0 radical (unpaired) electrons. The fourth-order valence-corrected chi connectivity index (χ4v) is 2.98. The molecule has 0 aliphatic heterocycles. The maximum Gasteiger partial charge on any atom is 0.321 e. The SMILES string of the molecule is CC(C)(C)c1ncc(CN[C@H](Cc2ccccc2)C(=O)O)s1. The summed E-state index contributed by atoms with van der Waals surface area (Å²) in [6.07, 6.45) is 2.31. The molecule has 0 spiro atoms. The van der Waals surface area contributed by atoms with Gasteiger partial charge in [-0.3, -0.25) is 10.1 Å². The van der Waals surface area contributed by atoms with E-state index in [1.807, 2.05) is 36.5 Å². The van der Waals surface area contributed by atoms with Crippen LogP contribution in [0.4, 0.5) is 0 Å². The van der Waals surface area contributed by atoms with Crippen molar-refractivity contribution in [2.24, 2.45) is 0 Å². The van der Waals surface area contributed by atoms with E-state index >= 15 is 0 Å². The second-order valence-corrected chi connectivity index (χ2v) is 7.46. The van der Waals surface area contributed by atoms with Gasteiger partial charge in [-0.15, -0.1) is 11.3 Å². The van der Waals surface area contributed by atoms with Gasteiger partial charge in [-0.25, -0.2) is 4.98 Å². The predicted molar refractivity (Wildman–Crippen MR) is 89.2 cm³/mol. The van der Waals surface area contributed by atoms with Crippen LogP contribution in [0.25, 0.3) is 0 Å². The molecule has 0 saturated heterocycles. The third-order valence-corrected chi connectivity index (χ3v) is 4.72. The van der Waals surface area contributed by atoms with Crippen LogP contribution in [-0.2, 0) is 23.2 Å². The first kappa shape index (κ1) is 16.6. The number of carboxylic acids is 1. The van der Waals surface area contributed by atoms with Gasteiger partial charge in [-0.2, -0.15) is 0 Å². The number of hydrogen-bond donors (Lipinski definition) is 2. The summed E-state index contributed by atoms with van der Waals surface area (Å²) in [5.41, 5.74) is 1.04. The van der Waals surface area contributed by atoms with Crippen LogP contribution in [0.5, 0.6) is 0 Å². The molecule has 0 unspecified atom stereocenters. The summed E-state index contributed by atoms with van der Waals surface area (Å²) < 4.78 is 0. The highest BCUT2D eigenvalue weighted by Gasteiger charge is 2.20. The monoisotopic (exact) mass is 318 g/mol. The number of aliphatic carboxylic acids is 1. The molecule has 22 heavy (non-hydrogen) atoms. The summed E-state index contributed by atoms with van der Waals surface area (Å²) >= 11 is 1.63. The maximum atomic E-state index is 11.4. The number of aromatic nitrogens is 1. The van der Waals surface area contributed by atoms with Gasteiger partial charge in [0.15, 0.2) is 0 Å². The number of hydrogen-bond acceptors (Lipinski definition) is 4. The van der Waals surface area contributed by atoms with E-state index in [9.17, 15) is 9.90 Å². The summed E-state index contributed by atoms with van der Waals surface area (Å²) in [6.45, 7) is 6.90. The third kappa shape index (κ3) is 4.64. The van der Waals surface area contributed by atoms with Gasteiger partial charge >= 0.3 is 5.97 Å². The largest absolute Gasteiger partial charge is 0.480 e. The smallest absolute Gasteiger partial charge is 0.321 e. The lowest BCUT2D eigenvalue weighted by atomic mass is 9.98. The third-order valence-electron chi connectivity index (χ3n) is 3.30. The van der Waals surface area contributed by atoms with Crippen molar-refractivity contribution in [3.8, 4) is 0 Å². The Morgan fingerprint density at radius 2 is 2.00 bits per heavy atom. The van der Waals surface area contributed by atoms with E-state index in [-0.39, 0.29) is 5.41 Å². The molecule has 1 heterocycles. The van der Waals surface area contributed by atoms with Gasteiger partial charge in [0.1, 0.15) is 6.04 Å². The Bertz CT molecular complexity index is 617. The number of nitrogens with zero attached hydrogens (tertiary/aromatic N) is 1. The van der Waals surface area contributed by atoms with Crippen molar-refractivity contribution in [3.05, 3.63) is 52.0 Å². The summed E-state index contributed by atoms with van der Waals surface area (Å²) in [5.74, 6) is -0.829. The van der Waals surface area contributed by atoms with Crippen molar-refractivity contribution in [1.29, 1.82) is 0 Å². The number of carboxylic acid groups (broad SMARTS) is 1. The molecule has 0 aliphatic carbocycles. The fourth-order valence-electron chi connectivity index (χ4n) is 2.06. The number of carbonyl (C=O) groups is 1. The van der Waals surface area contributed by atoms with Gasteiger partial charge in [0, 0.05) is 23.0 Å². The molecule has 0 aliphatic rings. The van der Waals surface area contributed by atoms with E-state index in [0.29, 0.717) is 13.0 Å². The van der Waals surface area contributed by atoms with Crippen LogP contribution >= 0.6 is 11.3 Å². The molecule has 2 aromatic rings. The van der Waals surface area contributed by atoms with Gasteiger partial charge in [0.2, 0.25) is 0 Å². The van der Waals surface area contributed by atoms with Crippen molar-refractivity contribution in [2.75, 3.05) is 0 Å². The normalized spacial score (nSPS) is 13.0. The van der Waals surface area contributed by atoms with Gasteiger partial charge < -0.3 is 5.11 Å². The number of benzene rings is 1. The molecule has 0 fully saturated rings.